The van der Waals surface area contributed by atoms with Gasteiger partial charge in [0.2, 0.25) is 5.91 Å². The molecule has 0 atom stereocenters. The summed E-state index contributed by atoms with van der Waals surface area (Å²) in [6, 6.07) is 3.78. The van der Waals surface area contributed by atoms with Crippen LogP contribution >= 0.6 is 11.3 Å². The second-order valence-electron chi connectivity index (χ2n) is 2.96. The number of hydrogen-bond acceptors (Lipinski definition) is 4. The molecular formula is C10H9N3OS. The lowest BCUT2D eigenvalue weighted by Crippen LogP contribution is -2.04. The highest BCUT2D eigenvalue weighted by Gasteiger charge is 2.04. The molecular weight excluding hydrogens is 210 g/mol. The van der Waals surface area contributed by atoms with Crippen LogP contribution in [0.5, 0.6) is 0 Å². The topological polar surface area (TPSA) is 54.9 Å². The highest BCUT2D eigenvalue weighted by Crippen LogP contribution is 2.23. The molecule has 0 bridgehead atoms. The molecule has 76 valence electrons. The molecule has 0 spiro atoms. The largest absolute Gasteiger partial charge is 0.302 e. The van der Waals surface area contributed by atoms with Crippen molar-refractivity contribution in [1.29, 1.82) is 0 Å². The summed E-state index contributed by atoms with van der Waals surface area (Å²) in [6.07, 6.45) is 3.46. The summed E-state index contributed by atoms with van der Waals surface area (Å²) < 4.78 is 0. The van der Waals surface area contributed by atoms with Gasteiger partial charge in [0.15, 0.2) is 5.13 Å². The van der Waals surface area contributed by atoms with Crippen LogP contribution in [0.25, 0.3) is 11.3 Å². The molecule has 2 aromatic heterocycles. The van der Waals surface area contributed by atoms with E-state index >= 15 is 0 Å². The Labute approximate surface area is 91.0 Å². The highest BCUT2D eigenvalue weighted by molar-refractivity contribution is 7.14. The standard InChI is InChI=1S/C10H9N3OS/c1-7(14)12-10-13-9(6-15-10)8-3-2-4-11-5-8/h2-6H,1H3,(H,12,13,14). The third-order valence-corrected chi connectivity index (χ3v) is 2.50. The number of amides is 1. The van der Waals surface area contributed by atoms with Crippen LogP contribution in [0.1, 0.15) is 6.92 Å². The van der Waals surface area contributed by atoms with E-state index in [1.54, 1.807) is 12.4 Å². The number of anilines is 1. The van der Waals surface area contributed by atoms with Gasteiger partial charge in [0.1, 0.15) is 0 Å². The molecule has 1 N–H and O–H groups in total. The first kappa shape index (κ1) is 9.79. The van der Waals surface area contributed by atoms with E-state index in [9.17, 15) is 4.79 Å². The van der Waals surface area contributed by atoms with Crippen LogP contribution in [-0.4, -0.2) is 15.9 Å². The van der Waals surface area contributed by atoms with Crippen LogP contribution in [0, 0.1) is 0 Å². The molecule has 2 aromatic rings. The Hall–Kier alpha value is -1.75. The van der Waals surface area contributed by atoms with E-state index in [0.29, 0.717) is 5.13 Å². The molecule has 0 radical (unpaired) electrons. The first-order valence-electron chi connectivity index (χ1n) is 4.39. The van der Waals surface area contributed by atoms with Crippen molar-refractivity contribution in [2.75, 3.05) is 5.32 Å². The van der Waals surface area contributed by atoms with Gasteiger partial charge in [0.05, 0.1) is 5.69 Å². The minimum Gasteiger partial charge on any atom is -0.302 e. The fourth-order valence-electron chi connectivity index (χ4n) is 1.13. The maximum Gasteiger partial charge on any atom is 0.223 e. The van der Waals surface area contributed by atoms with E-state index in [2.05, 4.69) is 15.3 Å². The zero-order valence-electron chi connectivity index (χ0n) is 8.10. The van der Waals surface area contributed by atoms with Crippen LogP contribution in [0.15, 0.2) is 29.9 Å². The molecule has 0 saturated heterocycles. The van der Waals surface area contributed by atoms with Crippen molar-refractivity contribution in [2.24, 2.45) is 0 Å². The number of hydrogen-bond donors (Lipinski definition) is 1. The van der Waals surface area contributed by atoms with Crippen molar-refractivity contribution in [3.63, 3.8) is 0 Å². The quantitative estimate of drug-likeness (QED) is 0.842. The molecule has 15 heavy (non-hydrogen) atoms. The van der Waals surface area contributed by atoms with Crippen molar-refractivity contribution < 1.29 is 4.79 Å². The lowest BCUT2D eigenvalue weighted by Gasteiger charge is -1.94. The second-order valence-corrected chi connectivity index (χ2v) is 3.82. The Morgan fingerprint density at radius 3 is 3.07 bits per heavy atom. The molecule has 0 fully saturated rings. The summed E-state index contributed by atoms with van der Waals surface area (Å²) in [7, 11) is 0. The molecule has 1 amide bonds. The van der Waals surface area contributed by atoms with Gasteiger partial charge in [-0.15, -0.1) is 11.3 Å². The first-order valence-corrected chi connectivity index (χ1v) is 5.27. The maximum absolute atomic E-state index is 10.8. The van der Waals surface area contributed by atoms with Gasteiger partial charge in [-0.2, -0.15) is 0 Å². The Morgan fingerprint density at radius 2 is 2.40 bits per heavy atom. The Kier molecular flexibility index (Phi) is 2.73. The summed E-state index contributed by atoms with van der Waals surface area (Å²) in [5, 5.41) is 5.15. The monoisotopic (exact) mass is 219 g/mol. The summed E-state index contributed by atoms with van der Waals surface area (Å²) in [5.41, 5.74) is 1.78. The lowest BCUT2D eigenvalue weighted by atomic mass is 10.2. The van der Waals surface area contributed by atoms with E-state index in [1.165, 1.54) is 18.3 Å². The number of rotatable bonds is 2. The van der Waals surface area contributed by atoms with E-state index in [-0.39, 0.29) is 5.91 Å². The Balaban J connectivity index is 2.24. The molecule has 0 saturated carbocycles. The van der Waals surface area contributed by atoms with E-state index in [4.69, 9.17) is 0 Å². The number of carbonyl (C=O) groups is 1. The number of carbonyl (C=O) groups excluding carboxylic acids is 1. The fourth-order valence-corrected chi connectivity index (χ4v) is 1.89. The number of aromatic nitrogens is 2. The minimum absolute atomic E-state index is 0.109. The Bertz CT molecular complexity index is 467. The molecule has 0 aromatic carbocycles. The van der Waals surface area contributed by atoms with Gasteiger partial charge in [-0.25, -0.2) is 4.98 Å². The van der Waals surface area contributed by atoms with Crippen LogP contribution in [0.2, 0.25) is 0 Å². The predicted molar refractivity (Wildman–Crippen MR) is 59.6 cm³/mol. The summed E-state index contributed by atoms with van der Waals surface area (Å²) in [5.74, 6) is -0.109. The zero-order valence-corrected chi connectivity index (χ0v) is 8.91. The van der Waals surface area contributed by atoms with Crippen molar-refractivity contribution in [3.05, 3.63) is 29.9 Å². The highest BCUT2D eigenvalue weighted by atomic mass is 32.1. The zero-order chi connectivity index (χ0) is 10.7. The summed E-state index contributed by atoms with van der Waals surface area (Å²) in [4.78, 5) is 19.1. The van der Waals surface area contributed by atoms with E-state index < -0.39 is 0 Å². The third-order valence-electron chi connectivity index (χ3n) is 1.74. The fraction of sp³-hybridized carbons (Fsp3) is 0.100. The smallest absolute Gasteiger partial charge is 0.223 e. The SMILES string of the molecule is CC(=O)Nc1nc(-c2cccnc2)cs1. The third kappa shape index (κ3) is 2.38. The summed E-state index contributed by atoms with van der Waals surface area (Å²) >= 11 is 1.40. The molecule has 0 aliphatic carbocycles. The van der Waals surface area contributed by atoms with Gasteiger partial charge in [0.25, 0.3) is 0 Å². The van der Waals surface area contributed by atoms with Gasteiger partial charge >= 0.3 is 0 Å². The average Bonchev–Trinajstić information content (AvgIpc) is 2.67. The van der Waals surface area contributed by atoms with Crippen molar-refractivity contribution in [2.45, 2.75) is 6.92 Å². The van der Waals surface area contributed by atoms with Crippen LogP contribution < -0.4 is 5.32 Å². The maximum atomic E-state index is 10.8. The second kappa shape index (κ2) is 4.18. The summed E-state index contributed by atoms with van der Waals surface area (Å²) in [6.45, 7) is 1.46. The van der Waals surface area contributed by atoms with Crippen LogP contribution in [0.3, 0.4) is 0 Å². The van der Waals surface area contributed by atoms with Crippen molar-refractivity contribution >= 4 is 22.4 Å². The molecule has 0 unspecified atom stereocenters. The van der Waals surface area contributed by atoms with Crippen molar-refractivity contribution in [3.8, 4) is 11.3 Å². The van der Waals surface area contributed by atoms with Gasteiger partial charge in [0, 0.05) is 30.3 Å². The number of nitrogens with one attached hydrogen (secondary N) is 1. The number of thiazole rings is 1. The van der Waals surface area contributed by atoms with Gasteiger partial charge < -0.3 is 5.32 Å². The molecule has 0 aliphatic rings. The predicted octanol–water partition coefficient (Wildman–Crippen LogP) is 2.16. The van der Waals surface area contributed by atoms with E-state index in [1.807, 2.05) is 17.5 Å². The first-order chi connectivity index (χ1) is 7.25. The molecule has 2 rings (SSSR count). The molecule has 0 aliphatic heterocycles. The number of nitrogens with zero attached hydrogens (tertiary/aromatic N) is 2. The minimum atomic E-state index is -0.109. The number of pyridine rings is 1. The average molecular weight is 219 g/mol. The van der Waals surface area contributed by atoms with Gasteiger partial charge in [-0.1, -0.05) is 0 Å². The molecule has 2 heterocycles. The molecule has 4 nitrogen and oxygen atoms in total. The van der Waals surface area contributed by atoms with Crippen LogP contribution in [0.4, 0.5) is 5.13 Å². The van der Waals surface area contributed by atoms with Crippen molar-refractivity contribution in [1.82, 2.24) is 9.97 Å². The lowest BCUT2D eigenvalue weighted by molar-refractivity contribution is -0.114. The normalized spacial score (nSPS) is 9.93. The van der Waals surface area contributed by atoms with Crippen LogP contribution in [-0.2, 0) is 4.79 Å². The van der Waals surface area contributed by atoms with E-state index in [0.717, 1.165) is 11.3 Å². The molecule has 5 heteroatoms. The van der Waals surface area contributed by atoms with Gasteiger partial charge in [-0.3, -0.25) is 9.78 Å². The van der Waals surface area contributed by atoms with Gasteiger partial charge in [-0.05, 0) is 12.1 Å². The Morgan fingerprint density at radius 1 is 1.53 bits per heavy atom.